The van der Waals surface area contributed by atoms with Crippen molar-refractivity contribution in [2.75, 3.05) is 21.4 Å². The Morgan fingerprint density at radius 1 is 0.782 bits per heavy atom. The Bertz CT molecular complexity index is 1920. The molecule has 2 aliphatic rings. The summed E-state index contributed by atoms with van der Waals surface area (Å²) in [6.45, 7) is 9.69. The van der Waals surface area contributed by atoms with Gasteiger partial charge in [0, 0.05) is 48.7 Å². The van der Waals surface area contributed by atoms with E-state index in [2.05, 4.69) is 52.5 Å². The molecule has 6 rings (SSSR count). The smallest absolute Gasteiger partial charge is 0.337 e. The number of hydrogen-bond acceptors (Lipinski definition) is 9. The Kier molecular flexibility index (Phi) is 16.5. The quantitative estimate of drug-likeness (QED) is 0.146. The minimum atomic E-state index is -1.00. The number of aryl methyl sites for hydroxylation is 2. The second-order valence-corrected chi connectivity index (χ2v) is 13.9. The second kappa shape index (κ2) is 21.4. The van der Waals surface area contributed by atoms with Crippen LogP contribution in [0.25, 0.3) is 0 Å². The number of carbonyl (C=O) groups excluding carboxylic acids is 3. The summed E-state index contributed by atoms with van der Waals surface area (Å²) in [6, 6.07) is 17.8. The number of amides is 1. The summed E-state index contributed by atoms with van der Waals surface area (Å²) in [7, 11) is 1.71. The summed E-state index contributed by atoms with van der Waals surface area (Å²) in [6.07, 6.45) is 7.31. The van der Waals surface area contributed by atoms with E-state index in [1.165, 1.54) is 26.0 Å². The number of carboxylic acid groups (broad SMARTS) is 1. The molecule has 1 amide bonds. The first-order chi connectivity index (χ1) is 26.8. The van der Waals surface area contributed by atoms with E-state index < -0.39 is 13.1 Å². The minimum Gasteiger partial charge on any atom is -0.478 e. The van der Waals surface area contributed by atoms with Crippen molar-refractivity contribution in [1.29, 1.82) is 0 Å². The van der Waals surface area contributed by atoms with Gasteiger partial charge in [-0.05, 0) is 96.2 Å². The lowest BCUT2D eigenvalue weighted by molar-refractivity contribution is 0.0592. The molecule has 2 aromatic carbocycles. The van der Waals surface area contributed by atoms with Crippen molar-refractivity contribution >= 4 is 23.8 Å². The van der Waals surface area contributed by atoms with E-state index in [0.29, 0.717) is 59.0 Å². The zero-order chi connectivity index (χ0) is 41.4. The van der Waals surface area contributed by atoms with Gasteiger partial charge in [-0.1, -0.05) is 52.0 Å². The minimum absolute atomic E-state index is 0.134. The maximum Gasteiger partial charge on any atom is 0.337 e. The first-order valence-electron chi connectivity index (χ1n) is 18.9. The van der Waals surface area contributed by atoms with Crippen LogP contribution >= 0.6 is 0 Å². The Labute approximate surface area is 324 Å². The fraction of sp³-hybridized carbons (Fsp3) is 0.395. The van der Waals surface area contributed by atoms with Crippen molar-refractivity contribution in [3.8, 4) is 0 Å². The Morgan fingerprint density at radius 3 is 1.60 bits per heavy atom. The van der Waals surface area contributed by atoms with Crippen LogP contribution in [0.1, 0.15) is 129 Å². The number of aromatic nitrogens is 2. The summed E-state index contributed by atoms with van der Waals surface area (Å²) in [4.78, 5) is 54.5. The normalized spacial score (nSPS) is 15.1. The Hall–Kier alpha value is -5.49. The third-order valence-corrected chi connectivity index (χ3v) is 9.71. The molecular weight excluding hydrogens is 703 g/mol. The zero-order valence-corrected chi connectivity index (χ0v) is 32.4. The van der Waals surface area contributed by atoms with Crippen molar-refractivity contribution in [3.05, 3.63) is 129 Å². The molecule has 0 radical (unpaired) electrons. The van der Waals surface area contributed by atoms with Gasteiger partial charge in [0.15, 0.2) is 0 Å². The van der Waals surface area contributed by atoms with Crippen molar-refractivity contribution in [2.45, 2.75) is 78.3 Å². The van der Waals surface area contributed by atoms with Crippen LogP contribution in [0.15, 0.2) is 73.1 Å². The molecular formula is C43H53FN4O7. The maximum atomic E-state index is 12.4. The van der Waals surface area contributed by atoms with Crippen molar-refractivity contribution in [1.82, 2.24) is 15.3 Å². The van der Waals surface area contributed by atoms with Gasteiger partial charge in [0.1, 0.15) is 0 Å². The fourth-order valence-electron chi connectivity index (χ4n) is 6.60. The van der Waals surface area contributed by atoms with Crippen LogP contribution in [0.3, 0.4) is 0 Å². The first kappa shape index (κ1) is 42.3. The molecule has 2 aliphatic carbocycles. The van der Waals surface area contributed by atoms with Gasteiger partial charge < -0.3 is 25.6 Å². The number of rotatable bonds is 9. The number of hydrogen-bond donors (Lipinski definition) is 3. The molecule has 12 heteroatoms. The van der Waals surface area contributed by atoms with Crippen LogP contribution in [-0.4, -0.2) is 60.3 Å². The van der Waals surface area contributed by atoms with Crippen LogP contribution in [0.4, 0.5) is 4.39 Å². The fourth-order valence-corrected chi connectivity index (χ4v) is 6.60. The second-order valence-electron chi connectivity index (χ2n) is 13.9. The molecule has 0 unspecified atom stereocenters. The molecule has 0 saturated heterocycles. The van der Waals surface area contributed by atoms with Crippen LogP contribution in [-0.2, 0) is 35.4 Å². The van der Waals surface area contributed by atoms with Crippen LogP contribution in [0, 0.1) is 11.8 Å². The van der Waals surface area contributed by atoms with Gasteiger partial charge in [-0.2, -0.15) is 0 Å². The summed E-state index contributed by atoms with van der Waals surface area (Å²) < 4.78 is 24.7. The molecule has 0 spiro atoms. The van der Waals surface area contributed by atoms with Gasteiger partial charge in [-0.25, -0.2) is 14.4 Å². The standard InChI is InChI=1S/C21H24N2O3.C12H15NO2.C9H11NO2.CH3F/c1-13(2)18-9-8-16-10-17(12-22-19(16)18)20(24)23-11-14-4-6-15(7-5-14)21(25)26-3;1-7(2)10-4-3-8-5-9(12(14)15)6-13-11(8)10;1-12-9(11)8-4-2-7(6-10)3-5-8;1-2/h4-7,10,12-13,18H,8-9,11H2,1-3H3,(H,23,24);5-7,10H,3-4H2,1-2H3,(H,14,15);2-5H,6,10H2,1H3;1H3/t18-;10-;;/m00../s1/i;;;1D. The monoisotopic (exact) mass is 757 g/mol. The predicted octanol–water partition coefficient (Wildman–Crippen LogP) is 7.47. The Balaban J connectivity index is 0.000000237. The third kappa shape index (κ3) is 12.0. The first-order valence-corrected chi connectivity index (χ1v) is 18.2. The Morgan fingerprint density at radius 2 is 1.20 bits per heavy atom. The largest absolute Gasteiger partial charge is 0.478 e. The number of fused-ring (bicyclic) bond motifs is 2. The number of alkyl halides is 1. The van der Waals surface area contributed by atoms with Crippen LogP contribution in [0.5, 0.6) is 0 Å². The molecule has 55 heavy (non-hydrogen) atoms. The molecule has 11 nitrogen and oxygen atoms in total. The summed E-state index contributed by atoms with van der Waals surface area (Å²) >= 11 is 0. The van der Waals surface area contributed by atoms with Crippen molar-refractivity contribution < 1.29 is 39.5 Å². The number of halogens is 1. The molecule has 4 N–H and O–H groups in total. The number of nitrogens with zero attached hydrogens (tertiary/aromatic N) is 2. The van der Waals surface area contributed by atoms with Crippen molar-refractivity contribution in [2.24, 2.45) is 17.6 Å². The lowest BCUT2D eigenvalue weighted by atomic mass is 9.93. The average Bonchev–Trinajstić information content (AvgIpc) is 3.85. The lowest BCUT2D eigenvalue weighted by Crippen LogP contribution is -2.23. The highest BCUT2D eigenvalue weighted by molar-refractivity contribution is 5.94. The third-order valence-electron chi connectivity index (χ3n) is 9.71. The number of pyridine rings is 2. The SMILES string of the molecule is CC(C)[C@@H]1CCc2cc(C(=O)O)cnc21.COC(=O)c1ccc(CN)cc1.COC(=O)c1ccc(CNC(=O)c2cnc3c(c2)CC[C@H]3C(C)C)cc1.[2H]CF. The summed E-state index contributed by atoms with van der Waals surface area (Å²) in [5.74, 6) is 0.427. The van der Waals surface area contributed by atoms with Gasteiger partial charge in [0.25, 0.3) is 5.91 Å². The number of ether oxygens (including phenoxy) is 2. The molecule has 294 valence electrons. The number of nitrogens with two attached hydrogens (primary N) is 1. The number of esters is 2. The predicted molar refractivity (Wildman–Crippen MR) is 209 cm³/mol. The van der Waals surface area contributed by atoms with Gasteiger partial charge >= 0.3 is 17.9 Å². The molecule has 0 fully saturated rings. The van der Waals surface area contributed by atoms with Gasteiger partial charge in [0.2, 0.25) is 0 Å². The molecule has 0 bridgehead atoms. The van der Waals surface area contributed by atoms with Crippen LogP contribution in [0.2, 0.25) is 0 Å². The molecule has 2 aromatic heterocycles. The van der Waals surface area contributed by atoms with E-state index in [-0.39, 0.29) is 17.8 Å². The molecule has 0 saturated carbocycles. The van der Waals surface area contributed by atoms with Crippen molar-refractivity contribution in [3.63, 3.8) is 0 Å². The number of carboxylic acids is 1. The van der Waals surface area contributed by atoms with Crippen LogP contribution < -0.4 is 11.1 Å². The topological polar surface area (TPSA) is 171 Å². The van der Waals surface area contributed by atoms with Gasteiger partial charge in [-0.15, -0.1) is 0 Å². The summed E-state index contributed by atoms with van der Waals surface area (Å²) in [5.41, 5.74) is 13.8. The highest BCUT2D eigenvalue weighted by Crippen LogP contribution is 2.38. The molecule has 4 aromatic rings. The van der Waals surface area contributed by atoms with E-state index in [1.807, 2.05) is 18.2 Å². The van der Waals surface area contributed by atoms with E-state index >= 15 is 0 Å². The molecule has 2 atom stereocenters. The number of benzene rings is 2. The van der Waals surface area contributed by atoms with E-state index in [0.717, 1.165) is 53.8 Å². The average molecular weight is 758 g/mol. The van der Waals surface area contributed by atoms with E-state index in [4.69, 9.17) is 12.2 Å². The zero-order valence-electron chi connectivity index (χ0n) is 33.4. The lowest BCUT2D eigenvalue weighted by Gasteiger charge is -2.14. The number of aromatic carboxylic acids is 1. The van der Waals surface area contributed by atoms with E-state index in [1.54, 1.807) is 48.7 Å². The number of methoxy groups -OCH3 is 2. The summed E-state index contributed by atoms with van der Waals surface area (Å²) in [5, 5.41) is 11.8. The highest BCUT2D eigenvalue weighted by atomic mass is 19.1. The molecule has 0 aliphatic heterocycles. The van der Waals surface area contributed by atoms with Gasteiger partial charge in [0.05, 0.1) is 45.0 Å². The molecule has 2 heterocycles. The highest BCUT2D eigenvalue weighted by Gasteiger charge is 2.28. The van der Waals surface area contributed by atoms with E-state index in [9.17, 15) is 23.6 Å². The number of carbonyl (C=O) groups is 4. The number of nitrogens with one attached hydrogen (secondary N) is 1. The maximum absolute atomic E-state index is 12.4. The van der Waals surface area contributed by atoms with Gasteiger partial charge in [-0.3, -0.25) is 19.2 Å².